The third-order valence-electron chi connectivity index (χ3n) is 3.69. The molecule has 112 valence electrons. The molecule has 6 nitrogen and oxygen atoms in total. The fourth-order valence-electron chi connectivity index (χ4n) is 2.58. The molecule has 2 aromatic rings. The molecule has 0 aromatic heterocycles. The number of aromatic hydroxyl groups is 1. The number of phenolic OH excluding ortho intramolecular Hbond substituents is 1. The number of carbonyl (C=O) groups is 2. The Morgan fingerprint density at radius 1 is 0.955 bits per heavy atom. The van der Waals surface area contributed by atoms with Crippen molar-refractivity contribution in [1.29, 1.82) is 0 Å². The smallest absolute Gasteiger partial charge is 0.322 e. The number of hydrogen-bond acceptors (Lipinski definition) is 4. The molecule has 1 aliphatic rings. The Morgan fingerprint density at radius 3 is 1.95 bits per heavy atom. The molecule has 1 atom stereocenters. The zero-order valence-electron chi connectivity index (χ0n) is 11.8. The second-order valence-electron chi connectivity index (χ2n) is 4.93. The summed E-state index contributed by atoms with van der Waals surface area (Å²) in [5.41, 5.74) is -0.169. The van der Waals surface area contributed by atoms with Gasteiger partial charge in [-0.3, -0.25) is 10.1 Å². The van der Waals surface area contributed by atoms with E-state index in [1.54, 1.807) is 43.5 Å². The van der Waals surface area contributed by atoms with Gasteiger partial charge >= 0.3 is 6.03 Å². The largest absolute Gasteiger partial charge is 0.508 e. The van der Waals surface area contributed by atoms with Gasteiger partial charge in [0.1, 0.15) is 11.5 Å². The standard InChI is InChI=1S/C16H14N2O4/c1-22-13-8-4-11(5-9-13)16(14(20)17-15(21)18-16)10-2-6-12(19)7-3-10/h2-9,19H,1H3,(H2,17,18,20,21). The molecule has 0 spiro atoms. The van der Waals surface area contributed by atoms with Crippen molar-refractivity contribution >= 4 is 11.9 Å². The van der Waals surface area contributed by atoms with Crippen LogP contribution in [0.3, 0.4) is 0 Å². The molecular formula is C16H14N2O4. The Hall–Kier alpha value is -3.02. The first-order valence-corrected chi connectivity index (χ1v) is 6.64. The average molecular weight is 298 g/mol. The number of nitrogens with one attached hydrogen (secondary N) is 2. The van der Waals surface area contributed by atoms with Gasteiger partial charge < -0.3 is 15.2 Å². The Bertz CT molecular complexity index is 725. The first kappa shape index (κ1) is 13.9. The third-order valence-corrected chi connectivity index (χ3v) is 3.69. The molecule has 1 aliphatic heterocycles. The van der Waals surface area contributed by atoms with E-state index >= 15 is 0 Å². The summed E-state index contributed by atoms with van der Waals surface area (Å²) in [4.78, 5) is 24.1. The Balaban J connectivity index is 2.16. The van der Waals surface area contributed by atoms with Crippen LogP contribution in [-0.2, 0) is 10.3 Å². The van der Waals surface area contributed by atoms with Gasteiger partial charge in [0.15, 0.2) is 5.54 Å². The summed E-state index contributed by atoms with van der Waals surface area (Å²) < 4.78 is 5.11. The van der Waals surface area contributed by atoms with Crippen molar-refractivity contribution in [2.45, 2.75) is 5.54 Å². The summed E-state index contributed by atoms with van der Waals surface area (Å²) in [7, 11) is 1.55. The number of ether oxygens (including phenoxy) is 1. The number of phenols is 1. The Kier molecular flexibility index (Phi) is 3.21. The molecule has 1 saturated heterocycles. The summed E-state index contributed by atoms with van der Waals surface area (Å²) in [6.45, 7) is 0. The van der Waals surface area contributed by atoms with Gasteiger partial charge in [-0.15, -0.1) is 0 Å². The molecule has 22 heavy (non-hydrogen) atoms. The minimum absolute atomic E-state index is 0.0818. The van der Waals surface area contributed by atoms with Crippen LogP contribution in [0.2, 0.25) is 0 Å². The van der Waals surface area contributed by atoms with Crippen molar-refractivity contribution in [1.82, 2.24) is 10.6 Å². The Labute approximate surface area is 126 Å². The topological polar surface area (TPSA) is 87.7 Å². The summed E-state index contributed by atoms with van der Waals surface area (Å²) in [6, 6.07) is 12.5. The molecule has 1 fully saturated rings. The fourth-order valence-corrected chi connectivity index (χ4v) is 2.58. The lowest BCUT2D eigenvalue weighted by Gasteiger charge is -2.27. The van der Waals surface area contributed by atoms with Gasteiger partial charge in [0.05, 0.1) is 7.11 Å². The van der Waals surface area contributed by atoms with E-state index in [1.807, 2.05) is 0 Å². The Morgan fingerprint density at radius 2 is 1.50 bits per heavy atom. The number of benzene rings is 2. The second-order valence-corrected chi connectivity index (χ2v) is 4.93. The van der Waals surface area contributed by atoms with Crippen LogP contribution in [0.15, 0.2) is 48.5 Å². The second kappa shape index (κ2) is 5.07. The van der Waals surface area contributed by atoms with Crippen molar-refractivity contribution in [2.75, 3.05) is 7.11 Å². The van der Waals surface area contributed by atoms with Crippen LogP contribution in [0, 0.1) is 0 Å². The van der Waals surface area contributed by atoms with Crippen LogP contribution >= 0.6 is 0 Å². The lowest BCUT2D eigenvalue weighted by atomic mass is 9.83. The van der Waals surface area contributed by atoms with Crippen molar-refractivity contribution in [3.05, 3.63) is 59.7 Å². The average Bonchev–Trinajstić information content (AvgIpc) is 2.83. The van der Waals surface area contributed by atoms with Gasteiger partial charge in [-0.2, -0.15) is 0 Å². The molecule has 0 aliphatic carbocycles. The molecule has 3 N–H and O–H groups in total. The highest BCUT2D eigenvalue weighted by atomic mass is 16.5. The highest BCUT2D eigenvalue weighted by molar-refractivity contribution is 6.09. The quantitative estimate of drug-likeness (QED) is 0.749. The summed E-state index contributed by atoms with van der Waals surface area (Å²) in [6.07, 6.45) is 0. The first-order valence-electron chi connectivity index (χ1n) is 6.64. The zero-order valence-corrected chi connectivity index (χ0v) is 11.8. The van der Waals surface area contributed by atoms with Crippen LogP contribution in [0.5, 0.6) is 11.5 Å². The molecule has 1 unspecified atom stereocenters. The van der Waals surface area contributed by atoms with Crippen molar-refractivity contribution in [3.63, 3.8) is 0 Å². The van der Waals surface area contributed by atoms with E-state index in [0.29, 0.717) is 16.9 Å². The van der Waals surface area contributed by atoms with Gasteiger partial charge in [0.25, 0.3) is 5.91 Å². The normalized spacial score (nSPS) is 20.4. The van der Waals surface area contributed by atoms with Crippen LogP contribution in [0.4, 0.5) is 4.79 Å². The van der Waals surface area contributed by atoms with E-state index in [-0.39, 0.29) is 5.75 Å². The lowest BCUT2D eigenvalue weighted by Crippen LogP contribution is -2.44. The fraction of sp³-hybridized carbons (Fsp3) is 0.125. The van der Waals surface area contributed by atoms with Gasteiger partial charge in [0.2, 0.25) is 0 Å². The highest BCUT2D eigenvalue weighted by Crippen LogP contribution is 2.34. The lowest BCUT2D eigenvalue weighted by molar-refractivity contribution is -0.122. The molecule has 0 radical (unpaired) electrons. The number of hydrogen-bond donors (Lipinski definition) is 3. The molecule has 0 saturated carbocycles. The van der Waals surface area contributed by atoms with Gasteiger partial charge in [-0.1, -0.05) is 24.3 Å². The predicted molar refractivity (Wildman–Crippen MR) is 78.6 cm³/mol. The van der Waals surface area contributed by atoms with E-state index < -0.39 is 17.5 Å². The van der Waals surface area contributed by atoms with Crippen molar-refractivity contribution in [3.8, 4) is 11.5 Å². The van der Waals surface area contributed by atoms with E-state index in [1.165, 1.54) is 12.1 Å². The first-order chi connectivity index (χ1) is 10.6. The number of urea groups is 1. The summed E-state index contributed by atoms with van der Waals surface area (Å²) >= 11 is 0. The molecular weight excluding hydrogens is 284 g/mol. The zero-order chi connectivity index (χ0) is 15.7. The van der Waals surface area contributed by atoms with E-state index in [9.17, 15) is 14.7 Å². The van der Waals surface area contributed by atoms with Crippen molar-refractivity contribution in [2.24, 2.45) is 0 Å². The SMILES string of the molecule is COc1ccc(C2(c3ccc(O)cc3)NC(=O)NC2=O)cc1. The van der Waals surface area contributed by atoms with Crippen LogP contribution in [0.25, 0.3) is 0 Å². The number of amides is 3. The summed E-state index contributed by atoms with van der Waals surface area (Å²) in [5, 5.41) is 14.4. The minimum Gasteiger partial charge on any atom is -0.508 e. The number of rotatable bonds is 3. The van der Waals surface area contributed by atoms with Crippen LogP contribution in [0.1, 0.15) is 11.1 Å². The number of imide groups is 1. The van der Waals surface area contributed by atoms with Crippen LogP contribution in [-0.4, -0.2) is 24.2 Å². The molecule has 6 heteroatoms. The monoisotopic (exact) mass is 298 g/mol. The van der Waals surface area contributed by atoms with E-state index in [0.717, 1.165) is 0 Å². The molecule has 2 aromatic carbocycles. The molecule has 0 bridgehead atoms. The van der Waals surface area contributed by atoms with E-state index in [2.05, 4.69) is 10.6 Å². The van der Waals surface area contributed by atoms with Gasteiger partial charge in [-0.05, 0) is 35.4 Å². The number of carbonyl (C=O) groups excluding carboxylic acids is 2. The maximum atomic E-state index is 12.5. The van der Waals surface area contributed by atoms with Gasteiger partial charge in [0, 0.05) is 0 Å². The molecule has 1 heterocycles. The molecule has 3 rings (SSSR count). The maximum Gasteiger partial charge on any atom is 0.322 e. The molecule has 3 amide bonds. The van der Waals surface area contributed by atoms with Crippen molar-refractivity contribution < 1.29 is 19.4 Å². The highest BCUT2D eigenvalue weighted by Gasteiger charge is 2.49. The summed E-state index contributed by atoms with van der Waals surface area (Å²) in [5.74, 6) is 0.265. The van der Waals surface area contributed by atoms with Gasteiger partial charge in [-0.25, -0.2) is 4.79 Å². The maximum absolute atomic E-state index is 12.5. The minimum atomic E-state index is -1.32. The third kappa shape index (κ3) is 2.05. The van der Waals surface area contributed by atoms with Crippen LogP contribution < -0.4 is 15.4 Å². The predicted octanol–water partition coefficient (Wildman–Crippen LogP) is 1.48. The number of methoxy groups -OCH3 is 1. The van der Waals surface area contributed by atoms with E-state index in [4.69, 9.17) is 4.74 Å².